The topological polar surface area (TPSA) is 45.2 Å². The molecule has 0 fully saturated rings. The van der Waals surface area contributed by atoms with Gasteiger partial charge in [0.2, 0.25) is 0 Å². The molecule has 0 spiro atoms. The highest BCUT2D eigenvalue weighted by Gasteiger charge is 2.12. The van der Waals surface area contributed by atoms with Crippen molar-refractivity contribution in [2.24, 2.45) is 0 Å². The lowest BCUT2D eigenvalue weighted by atomic mass is 10.1. The predicted octanol–water partition coefficient (Wildman–Crippen LogP) is 2.95. The lowest BCUT2D eigenvalue weighted by molar-refractivity contribution is 0.0797. The Morgan fingerprint density at radius 2 is 2.14 bits per heavy atom. The summed E-state index contributed by atoms with van der Waals surface area (Å²) in [5, 5.41) is 5.02. The third-order valence-electron chi connectivity index (χ3n) is 2.88. The Morgan fingerprint density at radius 1 is 1.38 bits per heavy atom. The number of carbonyl (C=O) groups is 1. The van der Waals surface area contributed by atoms with Gasteiger partial charge >= 0.3 is 0 Å². The Morgan fingerprint density at radius 3 is 2.76 bits per heavy atom. The van der Waals surface area contributed by atoms with Crippen LogP contribution in [-0.4, -0.2) is 43.0 Å². The average Bonchev–Trinajstić information content (AvgIpc) is 2.98. The van der Waals surface area contributed by atoms with E-state index in [1.807, 2.05) is 43.7 Å². The van der Waals surface area contributed by atoms with Crippen LogP contribution < -0.4 is 5.32 Å². The second kappa shape index (κ2) is 9.73. The Hall–Kier alpha value is -1.14. The fourth-order valence-electron chi connectivity index (χ4n) is 1.77. The number of hydrogen-bond acceptors (Lipinski definition) is 4. The molecule has 1 amide bonds. The van der Waals surface area contributed by atoms with E-state index in [9.17, 15) is 4.79 Å². The molecule has 4 nitrogen and oxygen atoms in total. The molecule has 0 aliphatic heterocycles. The summed E-state index contributed by atoms with van der Waals surface area (Å²) in [7, 11) is 3.69. The van der Waals surface area contributed by atoms with Crippen molar-refractivity contribution in [1.82, 2.24) is 15.2 Å². The van der Waals surface area contributed by atoms with E-state index in [0.29, 0.717) is 12.1 Å². The van der Waals surface area contributed by atoms with Crippen molar-refractivity contribution in [3.8, 4) is 11.3 Å². The van der Waals surface area contributed by atoms with Crippen LogP contribution in [0.15, 0.2) is 35.2 Å². The van der Waals surface area contributed by atoms with Crippen LogP contribution >= 0.6 is 36.2 Å². The summed E-state index contributed by atoms with van der Waals surface area (Å²) in [6, 6.07) is 7.61. The van der Waals surface area contributed by atoms with Gasteiger partial charge in [-0.15, -0.1) is 36.2 Å². The Bertz CT molecular complexity index is 549. The Labute approximate surface area is 141 Å². The van der Waals surface area contributed by atoms with Gasteiger partial charge in [-0.3, -0.25) is 4.79 Å². The van der Waals surface area contributed by atoms with E-state index in [-0.39, 0.29) is 30.7 Å². The number of thiazole rings is 1. The summed E-state index contributed by atoms with van der Waals surface area (Å²) in [6.07, 6.45) is 0. The van der Waals surface area contributed by atoms with E-state index < -0.39 is 0 Å². The zero-order chi connectivity index (χ0) is 13.7. The maximum absolute atomic E-state index is 12.3. The average molecular weight is 348 g/mol. The van der Waals surface area contributed by atoms with Crippen molar-refractivity contribution in [2.45, 2.75) is 0 Å². The van der Waals surface area contributed by atoms with Crippen LogP contribution in [0.25, 0.3) is 11.3 Å². The molecule has 1 aromatic heterocycles. The highest BCUT2D eigenvalue weighted by molar-refractivity contribution is 7.07. The van der Waals surface area contributed by atoms with E-state index in [4.69, 9.17) is 0 Å². The smallest absolute Gasteiger partial charge is 0.253 e. The normalized spacial score (nSPS) is 9.43. The number of likely N-dealkylation sites (N-methyl/N-ethyl adjacent to an activating group) is 2. The number of aromatic nitrogens is 1. The summed E-state index contributed by atoms with van der Waals surface area (Å²) >= 11 is 1.55. The molecular formula is C14H19Cl2N3OS. The largest absolute Gasteiger partial charge is 0.340 e. The number of halogens is 2. The van der Waals surface area contributed by atoms with E-state index in [0.717, 1.165) is 17.8 Å². The minimum Gasteiger partial charge on any atom is -0.340 e. The van der Waals surface area contributed by atoms with Gasteiger partial charge in [-0.25, -0.2) is 4.98 Å². The molecule has 21 heavy (non-hydrogen) atoms. The van der Waals surface area contributed by atoms with E-state index >= 15 is 0 Å². The maximum Gasteiger partial charge on any atom is 0.253 e. The highest BCUT2D eigenvalue weighted by Crippen LogP contribution is 2.20. The van der Waals surface area contributed by atoms with Crippen molar-refractivity contribution < 1.29 is 4.79 Å². The van der Waals surface area contributed by atoms with E-state index in [1.165, 1.54) is 0 Å². The molecule has 2 rings (SSSR count). The van der Waals surface area contributed by atoms with Gasteiger partial charge in [0.25, 0.3) is 5.91 Å². The number of nitrogens with one attached hydrogen (secondary N) is 1. The fourth-order valence-corrected chi connectivity index (χ4v) is 2.33. The molecule has 0 unspecified atom stereocenters. The molecular weight excluding hydrogens is 329 g/mol. The van der Waals surface area contributed by atoms with Gasteiger partial charge in [0.05, 0.1) is 11.2 Å². The third-order valence-corrected chi connectivity index (χ3v) is 3.47. The van der Waals surface area contributed by atoms with Crippen molar-refractivity contribution in [3.63, 3.8) is 0 Å². The van der Waals surface area contributed by atoms with Crippen LogP contribution in [0.2, 0.25) is 0 Å². The van der Waals surface area contributed by atoms with Crippen molar-refractivity contribution in [1.29, 1.82) is 0 Å². The number of nitrogens with zero attached hydrogens (tertiary/aromatic N) is 2. The van der Waals surface area contributed by atoms with Gasteiger partial charge in [-0.05, 0) is 19.2 Å². The zero-order valence-corrected chi connectivity index (χ0v) is 14.4. The molecule has 0 saturated carbocycles. The van der Waals surface area contributed by atoms with E-state index in [1.54, 1.807) is 21.7 Å². The molecule has 1 N–H and O–H groups in total. The fraction of sp³-hybridized carbons (Fsp3) is 0.286. The molecule has 7 heteroatoms. The molecule has 0 saturated heterocycles. The van der Waals surface area contributed by atoms with Crippen LogP contribution in [0.3, 0.4) is 0 Å². The second-order valence-electron chi connectivity index (χ2n) is 4.28. The molecule has 0 aliphatic rings. The molecule has 0 bridgehead atoms. The first-order chi connectivity index (χ1) is 9.22. The number of rotatable bonds is 5. The lowest BCUT2D eigenvalue weighted by Gasteiger charge is -2.17. The van der Waals surface area contributed by atoms with Crippen LogP contribution in [0.5, 0.6) is 0 Å². The van der Waals surface area contributed by atoms with Gasteiger partial charge in [-0.2, -0.15) is 0 Å². The quantitative estimate of drug-likeness (QED) is 0.904. The van der Waals surface area contributed by atoms with Crippen LogP contribution in [0, 0.1) is 0 Å². The molecule has 0 aliphatic carbocycles. The first-order valence-electron chi connectivity index (χ1n) is 6.11. The van der Waals surface area contributed by atoms with E-state index in [2.05, 4.69) is 10.3 Å². The van der Waals surface area contributed by atoms with Gasteiger partial charge in [0, 0.05) is 36.6 Å². The van der Waals surface area contributed by atoms with Crippen molar-refractivity contribution in [3.05, 3.63) is 40.7 Å². The molecule has 1 aromatic carbocycles. The first kappa shape index (κ1) is 19.9. The van der Waals surface area contributed by atoms with Gasteiger partial charge in [0.15, 0.2) is 0 Å². The van der Waals surface area contributed by atoms with Gasteiger partial charge in [-0.1, -0.05) is 12.1 Å². The third kappa shape index (κ3) is 5.28. The maximum atomic E-state index is 12.3. The summed E-state index contributed by atoms with van der Waals surface area (Å²) in [4.78, 5) is 18.2. The van der Waals surface area contributed by atoms with Crippen LogP contribution in [-0.2, 0) is 0 Å². The van der Waals surface area contributed by atoms with Gasteiger partial charge < -0.3 is 10.2 Å². The molecule has 116 valence electrons. The van der Waals surface area contributed by atoms with Gasteiger partial charge in [0.1, 0.15) is 0 Å². The zero-order valence-electron chi connectivity index (χ0n) is 11.9. The van der Waals surface area contributed by atoms with Crippen LogP contribution in [0.1, 0.15) is 10.4 Å². The number of benzene rings is 1. The summed E-state index contributed by atoms with van der Waals surface area (Å²) in [5.74, 6) is 0.0346. The van der Waals surface area contributed by atoms with Crippen molar-refractivity contribution in [2.75, 3.05) is 27.2 Å². The van der Waals surface area contributed by atoms with Crippen molar-refractivity contribution >= 4 is 42.1 Å². The molecule has 1 heterocycles. The first-order valence-corrected chi connectivity index (χ1v) is 7.05. The molecule has 2 aromatic rings. The minimum atomic E-state index is 0. The second-order valence-corrected chi connectivity index (χ2v) is 5.00. The summed E-state index contributed by atoms with van der Waals surface area (Å²) in [5.41, 5.74) is 4.39. The van der Waals surface area contributed by atoms with Crippen LogP contribution in [0.4, 0.5) is 0 Å². The Kier molecular flexibility index (Phi) is 9.21. The Balaban J connectivity index is 0.00000200. The minimum absolute atomic E-state index is 0. The monoisotopic (exact) mass is 347 g/mol. The standard InChI is InChI=1S/C14H17N3OS.2ClH/c1-15-6-7-17(2)14(18)12-5-3-4-11(8-12)13-9-19-10-16-13;;/h3-5,8-10,15H,6-7H2,1-2H3;2*1H. The number of amides is 1. The summed E-state index contributed by atoms with van der Waals surface area (Å²) < 4.78 is 0. The summed E-state index contributed by atoms with van der Waals surface area (Å²) in [6.45, 7) is 1.48. The highest BCUT2D eigenvalue weighted by atomic mass is 35.5. The SMILES string of the molecule is CNCCN(C)C(=O)c1cccc(-c2cscn2)c1.Cl.Cl. The predicted molar refractivity (Wildman–Crippen MR) is 92.9 cm³/mol. The molecule has 0 atom stereocenters. The lowest BCUT2D eigenvalue weighted by Crippen LogP contribution is -2.32. The number of hydrogen-bond donors (Lipinski definition) is 1. The number of carbonyl (C=O) groups excluding carboxylic acids is 1. The molecule has 0 radical (unpaired) electrons.